The van der Waals surface area contributed by atoms with Crippen LogP contribution in [0.3, 0.4) is 0 Å². The molecular formula is C22H17Cl2NO5S. The number of fused-ring (bicyclic) bond motifs is 1. The van der Waals surface area contributed by atoms with Gasteiger partial charge >= 0.3 is 5.97 Å². The molecule has 0 bridgehead atoms. The summed E-state index contributed by atoms with van der Waals surface area (Å²) in [5.74, 6) is 0.0229. The number of nitrogens with zero attached hydrogens (tertiary/aromatic N) is 1. The number of carbonyl (C=O) groups is 2. The maximum atomic E-state index is 13.1. The van der Waals surface area contributed by atoms with Gasteiger partial charge in [0.15, 0.2) is 18.1 Å². The molecule has 2 aromatic carbocycles. The van der Waals surface area contributed by atoms with E-state index >= 15 is 0 Å². The van der Waals surface area contributed by atoms with Crippen LogP contribution in [0, 0.1) is 0 Å². The zero-order chi connectivity index (χ0) is 21.8. The quantitative estimate of drug-likeness (QED) is 0.455. The average molecular weight is 478 g/mol. The van der Waals surface area contributed by atoms with E-state index in [0.29, 0.717) is 36.9 Å². The first kappa shape index (κ1) is 21.5. The van der Waals surface area contributed by atoms with E-state index in [9.17, 15) is 9.59 Å². The van der Waals surface area contributed by atoms with E-state index in [4.69, 9.17) is 37.4 Å². The SMILES string of the molecule is O=C(OCC(=O)N(Cc1cccs1)c1ccc2c(c1)OCCO2)c1c(Cl)cccc1Cl. The lowest BCUT2D eigenvalue weighted by atomic mass is 10.2. The first-order chi connectivity index (χ1) is 15.0. The summed E-state index contributed by atoms with van der Waals surface area (Å²) >= 11 is 13.6. The summed E-state index contributed by atoms with van der Waals surface area (Å²) in [4.78, 5) is 28.0. The molecule has 4 rings (SSSR count). The van der Waals surface area contributed by atoms with Gasteiger partial charge in [-0.05, 0) is 35.7 Å². The second-order valence-corrected chi connectivity index (χ2v) is 8.41. The third-order valence-corrected chi connectivity index (χ3v) is 6.02. The molecule has 0 radical (unpaired) electrons. The van der Waals surface area contributed by atoms with Crippen molar-refractivity contribution in [3.63, 3.8) is 0 Å². The smallest absolute Gasteiger partial charge is 0.341 e. The van der Waals surface area contributed by atoms with Crippen molar-refractivity contribution in [2.75, 3.05) is 24.7 Å². The summed E-state index contributed by atoms with van der Waals surface area (Å²) in [5.41, 5.74) is 0.636. The Kier molecular flexibility index (Phi) is 6.65. The molecule has 1 amide bonds. The number of esters is 1. The van der Waals surface area contributed by atoms with E-state index in [-0.39, 0.29) is 15.6 Å². The first-order valence-electron chi connectivity index (χ1n) is 9.36. The zero-order valence-corrected chi connectivity index (χ0v) is 18.5. The van der Waals surface area contributed by atoms with E-state index < -0.39 is 18.5 Å². The third-order valence-electron chi connectivity index (χ3n) is 4.53. The van der Waals surface area contributed by atoms with E-state index in [1.54, 1.807) is 24.3 Å². The monoisotopic (exact) mass is 477 g/mol. The van der Waals surface area contributed by atoms with Gasteiger partial charge in [-0.25, -0.2) is 4.79 Å². The topological polar surface area (TPSA) is 65.1 Å². The third kappa shape index (κ3) is 4.95. The highest BCUT2D eigenvalue weighted by atomic mass is 35.5. The van der Waals surface area contributed by atoms with E-state index in [2.05, 4.69) is 0 Å². The Morgan fingerprint density at radius 2 is 1.74 bits per heavy atom. The summed E-state index contributed by atoms with van der Waals surface area (Å²) in [6, 6.07) is 13.8. The molecule has 31 heavy (non-hydrogen) atoms. The van der Waals surface area contributed by atoms with Gasteiger partial charge in [0, 0.05) is 16.6 Å². The molecular weight excluding hydrogens is 461 g/mol. The number of thiophene rings is 1. The number of rotatable bonds is 6. The summed E-state index contributed by atoms with van der Waals surface area (Å²) in [7, 11) is 0. The van der Waals surface area contributed by atoms with Crippen LogP contribution in [0.15, 0.2) is 53.9 Å². The molecule has 0 spiro atoms. The number of ether oxygens (including phenoxy) is 3. The summed E-state index contributed by atoms with van der Waals surface area (Å²) < 4.78 is 16.4. The molecule has 1 aliphatic heterocycles. The summed E-state index contributed by atoms with van der Waals surface area (Å²) in [5, 5.41) is 2.25. The lowest BCUT2D eigenvalue weighted by molar-refractivity contribution is -0.121. The van der Waals surface area contributed by atoms with Crippen molar-refractivity contribution in [3.05, 3.63) is 74.4 Å². The number of hydrogen-bond donors (Lipinski definition) is 0. The van der Waals surface area contributed by atoms with E-state index in [1.165, 1.54) is 28.4 Å². The number of anilines is 1. The molecule has 1 aromatic heterocycles. The lowest BCUT2D eigenvalue weighted by Gasteiger charge is -2.25. The molecule has 160 valence electrons. The molecule has 0 aliphatic carbocycles. The Bertz CT molecular complexity index is 1080. The van der Waals surface area contributed by atoms with Crippen molar-refractivity contribution in [1.82, 2.24) is 0 Å². The van der Waals surface area contributed by atoms with Crippen LogP contribution in [-0.2, 0) is 16.1 Å². The first-order valence-corrected chi connectivity index (χ1v) is 11.0. The Balaban J connectivity index is 1.54. The minimum atomic E-state index is -0.762. The predicted octanol–water partition coefficient (Wildman–Crippen LogP) is 5.22. The van der Waals surface area contributed by atoms with Crippen molar-refractivity contribution in [1.29, 1.82) is 0 Å². The van der Waals surface area contributed by atoms with Crippen molar-refractivity contribution in [2.24, 2.45) is 0 Å². The minimum absolute atomic E-state index is 0.0303. The standard InChI is InChI=1S/C22H17Cl2NO5S/c23-16-4-1-5-17(24)21(16)22(27)30-13-20(26)25(12-15-3-2-10-31-15)14-6-7-18-19(11-14)29-9-8-28-18/h1-7,10-11H,8-9,12-13H2. The predicted molar refractivity (Wildman–Crippen MR) is 120 cm³/mol. The van der Waals surface area contributed by atoms with E-state index in [1.807, 2.05) is 17.5 Å². The van der Waals surface area contributed by atoms with Crippen molar-refractivity contribution in [3.8, 4) is 11.5 Å². The molecule has 9 heteroatoms. The van der Waals surface area contributed by atoms with Gasteiger partial charge in [0.2, 0.25) is 0 Å². The fourth-order valence-corrected chi connectivity index (χ4v) is 4.30. The van der Waals surface area contributed by atoms with Crippen LogP contribution in [0.4, 0.5) is 5.69 Å². The molecule has 1 aliphatic rings. The molecule has 0 N–H and O–H groups in total. The normalized spacial score (nSPS) is 12.3. The van der Waals surface area contributed by atoms with Gasteiger partial charge in [0.05, 0.1) is 22.2 Å². The van der Waals surface area contributed by atoms with Gasteiger partial charge in [0.1, 0.15) is 13.2 Å². The Morgan fingerprint density at radius 3 is 2.45 bits per heavy atom. The largest absolute Gasteiger partial charge is 0.486 e. The van der Waals surface area contributed by atoms with Gasteiger partial charge in [-0.2, -0.15) is 0 Å². The van der Waals surface area contributed by atoms with Crippen LogP contribution in [0.5, 0.6) is 11.5 Å². The molecule has 0 saturated heterocycles. The molecule has 0 saturated carbocycles. The zero-order valence-electron chi connectivity index (χ0n) is 16.2. The van der Waals surface area contributed by atoms with Crippen LogP contribution < -0.4 is 14.4 Å². The highest BCUT2D eigenvalue weighted by Gasteiger charge is 2.23. The van der Waals surface area contributed by atoms with Crippen LogP contribution in [0.25, 0.3) is 0 Å². The van der Waals surface area contributed by atoms with Gasteiger partial charge < -0.3 is 19.1 Å². The molecule has 3 aromatic rings. The van der Waals surface area contributed by atoms with Gasteiger partial charge in [-0.3, -0.25) is 4.79 Å². The highest BCUT2D eigenvalue weighted by molar-refractivity contribution is 7.09. The minimum Gasteiger partial charge on any atom is -0.486 e. The number of amides is 1. The molecule has 6 nitrogen and oxygen atoms in total. The number of halogens is 2. The maximum Gasteiger partial charge on any atom is 0.341 e. The van der Waals surface area contributed by atoms with Gasteiger partial charge in [0.25, 0.3) is 5.91 Å². The molecule has 0 fully saturated rings. The molecule has 2 heterocycles. The Labute approximate surface area is 192 Å². The van der Waals surface area contributed by atoms with Gasteiger partial charge in [-0.1, -0.05) is 35.3 Å². The van der Waals surface area contributed by atoms with Crippen LogP contribution in [0.1, 0.15) is 15.2 Å². The number of benzene rings is 2. The Morgan fingerprint density at radius 1 is 1.00 bits per heavy atom. The van der Waals surface area contributed by atoms with Crippen LogP contribution in [-0.4, -0.2) is 31.7 Å². The fourth-order valence-electron chi connectivity index (χ4n) is 3.05. The Hall–Kier alpha value is -2.74. The fraction of sp³-hybridized carbons (Fsp3) is 0.182. The highest BCUT2D eigenvalue weighted by Crippen LogP contribution is 2.35. The number of carbonyl (C=O) groups excluding carboxylic acids is 2. The maximum absolute atomic E-state index is 13.1. The molecule has 0 unspecified atom stereocenters. The molecule has 0 atom stereocenters. The van der Waals surface area contributed by atoms with Crippen LogP contribution >= 0.6 is 34.5 Å². The van der Waals surface area contributed by atoms with Crippen LogP contribution in [0.2, 0.25) is 10.0 Å². The average Bonchev–Trinajstić information content (AvgIpc) is 3.29. The summed E-state index contributed by atoms with van der Waals surface area (Å²) in [6.45, 7) is 0.761. The second-order valence-electron chi connectivity index (χ2n) is 6.56. The second kappa shape index (κ2) is 9.60. The van der Waals surface area contributed by atoms with Gasteiger partial charge in [-0.15, -0.1) is 11.3 Å². The van der Waals surface area contributed by atoms with Crippen molar-refractivity contribution < 1.29 is 23.8 Å². The summed E-state index contributed by atoms with van der Waals surface area (Å²) in [6.07, 6.45) is 0. The van der Waals surface area contributed by atoms with E-state index in [0.717, 1.165) is 4.88 Å². The van der Waals surface area contributed by atoms with Crippen molar-refractivity contribution >= 4 is 52.1 Å². The van der Waals surface area contributed by atoms with Crippen molar-refractivity contribution in [2.45, 2.75) is 6.54 Å². The number of hydrogen-bond acceptors (Lipinski definition) is 6. The lowest BCUT2D eigenvalue weighted by Crippen LogP contribution is -2.34.